The molecular weight excluding hydrogens is 627 g/mol. The summed E-state index contributed by atoms with van der Waals surface area (Å²) in [5.74, 6) is -4.35. The molecular formula is C33H30Cl2F2N3O5. The third-order valence-electron chi connectivity index (χ3n) is 7.66. The van der Waals surface area contributed by atoms with E-state index in [0.717, 1.165) is 6.07 Å². The highest BCUT2D eigenvalue weighted by atomic mass is 35.5. The Morgan fingerprint density at radius 2 is 1.87 bits per heavy atom. The molecule has 1 radical (unpaired) electrons. The van der Waals surface area contributed by atoms with E-state index in [2.05, 4.69) is 16.7 Å². The Morgan fingerprint density at radius 3 is 2.49 bits per heavy atom. The fraction of sp³-hybridized carbons (Fsp3) is 0.303. The molecule has 0 aromatic heterocycles. The summed E-state index contributed by atoms with van der Waals surface area (Å²) in [5, 5.41) is 16.8. The van der Waals surface area contributed by atoms with Crippen LogP contribution in [0.15, 0.2) is 54.6 Å². The number of rotatable bonds is 9. The maximum Gasteiger partial charge on any atom is 0.339 e. The summed E-state index contributed by atoms with van der Waals surface area (Å²) in [6.45, 7) is 6.48. The minimum atomic E-state index is -1.80. The van der Waals surface area contributed by atoms with Crippen molar-refractivity contribution >= 4 is 47.1 Å². The minimum absolute atomic E-state index is 0.0350. The Balaban J connectivity index is 1.88. The van der Waals surface area contributed by atoms with Crippen LogP contribution in [0.2, 0.25) is 10.0 Å². The molecule has 235 valence electrons. The summed E-state index contributed by atoms with van der Waals surface area (Å²) >= 11 is 12.3. The van der Waals surface area contributed by atoms with E-state index in [-0.39, 0.29) is 38.2 Å². The van der Waals surface area contributed by atoms with Crippen LogP contribution in [0.25, 0.3) is 0 Å². The van der Waals surface area contributed by atoms with Crippen LogP contribution in [-0.2, 0) is 19.7 Å². The van der Waals surface area contributed by atoms with Gasteiger partial charge in [0.1, 0.15) is 22.8 Å². The van der Waals surface area contributed by atoms with E-state index in [1.165, 1.54) is 55.6 Å². The number of carbonyl (C=O) groups is 3. The zero-order chi connectivity index (χ0) is 33.1. The Hall–Kier alpha value is -4.04. The standard InChI is InChI=1S/C33H30Cl2F2N3O5/c1-32(2,3)16-26-33(17-38,21-10-9-19(34)15-23(21)36)27(20-6-5-7-22(35)28(20)37)29(40-26)30(42)39-24-11-8-18(14-25(24)44-4)31(43)45-13-12-41/h5-15,26-27,29,40H,16H2,1-4H3,(H,39,42)/t26-,27-,29+,33-/m0/s1. The first kappa shape index (κ1) is 33.8. The summed E-state index contributed by atoms with van der Waals surface area (Å²) in [6, 6.07) is 12.4. The van der Waals surface area contributed by atoms with E-state index in [9.17, 15) is 19.6 Å². The molecule has 0 spiro atoms. The van der Waals surface area contributed by atoms with Gasteiger partial charge in [0.25, 0.3) is 0 Å². The molecule has 2 N–H and O–H groups in total. The second kappa shape index (κ2) is 13.5. The highest BCUT2D eigenvalue weighted by Gasteiger charge is 2.61. The molecule has 4 atom stereocenters. The van der Waals surface area contributed by atoms with Crippen molar-refractivity contribution in [3.63, 3.8) is 0 Å². The number of hydrogen-bond donors (Lipinski definition) is 2. The molecule has 3 aromatic carbocycles. The van der Waals surface area contributed by atoms with Gasteiger partial charge in [0, 0.05) is 22.5 Å². The molecule has 1 fully saturated rings. The number of amides is 1. The van der Waals surface area contributed by atoms with Crippen LogP contribution in [0.5, 0.6) is 5.75 Å². The molecule has 0 aliphatic carbocycles. The fourth-order valence-corrected chi connectivity index (χ4v) is 6.19. The number of halogens is 4. The predicted molar refractivity (Wildman–Crippen MR) is 165 cm³/mol. The molecule has 3 aromatic rings. The molecule has 0 bridgehead atoms. The Kier molecular flexibility index (Phi) is 10.2. The van der Waals surface area contributed by atoms with Gasteiger partial charge in [0.05, 0.1) is 35.5 Å². The van der Waals surface area contributed by atoms with Crippen molar-refractivity contribution in [2.24, 2.45) is 5.41 Å². The van der Waals surface area contributed by atoms with Crippen LogP contribution >= 0.6 is 23.2 Å². The number of nitrogens with one attached hydrogen (secondary N) is 2. The van der Waals surface area contributed by atoms with Gasteiger partial charge in [-0.3, -0.25) is 9.59 Å². The Labute approximate surface area is 269 Å². The predicted octanol–water partition coefficient (Wildman–Crippen LogP) is 6.76. The molecule has 45 heavy (non-hydrogen) atoms. The van der Waals surface area contributed by atoms with Crippen molar-refractivity contribution in [3.8, 4) is 11.8 Å². The zero-order valence-electron chi connectivity index (χ0n) is 24.8. The van der Waals surface area contributed by atoms with Gasteiger partial charge >= 0.3 is 5.97 Å². The molecule has 0 saturated carbocycles. The first-order valence-electron chi connectivity index (χ1n) is 13.8. The number of nitriles is 1. The van der Waals surface area contributed by atoms with E-state index >= 15 is 8.78 Å². The quantitative estimate of drug-likeness (QED) is 0.193. The highest BCUT2D eigenvalue weighted by Crippen LogP contribution is 2.53. The lowest BCUT2D eigenvalue weighted by molar-refractivity contribution is -0.118. The summed E-state index contributed by atoms with van der Waals surface area (Å²) < 4.78 is 41.8. The third-order valence-corrected chi connectivity index (χ3v) is 8.18. The molecule has 1 aliphatic heterocycles. The molecule has 1 amide bonds. The summed E-state index contributed by atoms with van der Waals surface area (Å²) in [4.78, 5) is 36.9. The van der Waals surface area contributed by atoms with Crippen molar-refractivity contribution in [2.45, 2.75) is 50.6 Å². The maximum atomic E-state index is 15.9. The van der Waals surface area contributed by atoms with Crippen LogP contribution in [0.3, 0.4) is 0 Å². The third kappa shape index (κ3) is 6.81. The van der Waals surface area contributed by atoms with Gasteiger partial charge in [-0.05, 0) is 53.8 Å². The van der Waals surface area contributed by atoms with E-state index in [0.29, 0.717) is 19.3 Å². The number of hydrogen-bond acceptors (Lipinski definition) is 7. The van der Waals surface area contributed by atoms with Gasteiger partial charge < -0.3 is 20.1 Å². The second-order valence-electron chi connectivity index (χ2n) is 11.8. The number of aldehydes is 1. The molecule has 4 rings (SSSR count). The van der Waals surface area contributed by atoms with E-state index in [1.54, 1.807) is 0 Å². The Bertz CT molecular complexity index is 1670. The number of nitrogens with zero attached hydrogens (tertiary/aromatic N) is 1. The first-order valence-corrected chi connectivity index (χ1v) is 14.6. The Morgan fingerprint density at radius 1 is 1.13 bits per heavy atom. The molecule has 1 saturated heterocycles. The average Bonchev–Trinajstić information content (AvgIpc) is 3.30. The highest BCUT2D eigenvalue weighted by molar-refractivity contribution is 6.31. The van der Waals surface area contributed by atoms with E-state index in [4.69, 9.17) is 32.7 Å². The SMILES string of the molecule is COc1cc(C(=O)O[CH]C=O)ccc1NC(=O)[C@@H]1N[C@@H](CC(C)(C)C)[C@](C#N)(c2ccc(Cl)cc2F)[C@H]1c1cccc(Cl)c1F. The number of anilines is 1. The van der Waals surface area contributed by atoms with Gasteiger partial charge in [0.2, 0.25) is 12.5 Å². The molecule has 1 aliphatic rings. The van der Waals surface area contributed by atoms with E-state index < -0.39 is 52.3 Å². The lowest BCUT2D eigenvalue weighted by Gasteiger charge is -2.37. The van der Waals surface area contributed by atoms with Crippen LogP contribution in [0.1, 0.15) is 54.6 Å². The lowest BCUT2D eigenvalue weighted by atomic mass is 9.62. The van der Waals surface area contributed by atoms with Gasteiger partial charge in [-0.15, -0.1) is 0 Å². The topological polar surface area (TPSA) is 118 Å². The van der Waals surface area contributed by atoms with Crippen LogP contribution in [0.4, 0.5) is 14.5 Å². The zero-order valence-corrected chi connectivity index (χ0v) is 26.3. The second-order valence-corrected chi connectivity index (χ2v) is 12.6. The molecule has 1 heterocycles. The van der Waals surface area contributed by atoms with Crippen LogP contribution in [-0.4, -0.2) is 37.4 Å². The number of ether oxygens (including phenoxy) is 2. The van der Waals surface area contributed by atoms with Crippen molar-refractivity contribution in [1.82, 2.24) is 5.32 Å². The van der Waals surface area contributed by atoms with Crippen molar-refractivity contribution in [1.29, 1.82) is 5.26 Å². The van der Waals surface area contributed by atoms with E-state index in [1.807, 2.05) is 20.8 Å². The average molecular weight is 658 g/mol. The largest absolute Gasteiger partial charge is 0.495 e. The van der Waals surface area contributed by atoms with Crippen LogP contribution in [0, 0.1) is 35.0 Å². The van der Waals surface area contributed by atoms with Gasteiger partial charge in [-0.25, -0.2) is 13.6 Å². The van der Waals surface area contributed by atoms with Crippen molar-refractivity contribution in [3.05, 3.63) is 99.6 Å². The number of carbonyl (C=O) groups excluding carboxylic acids is 3. The smallest absolute Gasteiger partial charge is 0.339 e. The summed E-state index contributed by atoms with van der Waals surface area (Å²) in [7, 11) is 1.32. The fourth-order valence-electron chi connectivity index (χ4n) is 5.85. The van der Waals surface area contributed by atoms with Gasteiger partial charge in [-0.2, -0.15) is 5.26 Å². The maximum absolute atomic E-state index is 15.9. The van der Waals surface area contributed by atoms with Crippen LogP contribution < -0.4 is 15.4 Å². The first-order chi connectivity index (χ1) is 21.3. The number of methoxy groups -OCH3 is 1. The molecule has 8 nitrogen and oxygen atoms in total. The normalized spacial score (nSPS) is 21.1. The monoisotopic (exact) mass is 656 g/mol. The minimum Gasteiger partial charge on any atom is -0.495 e. The number of esters is 1. The van der Waals surface area contributed by atoms with Gasteiger partial charge in [0.15, 0.2) is 6.29 Å². The molecule has 12 heteroatoms. The lowest BCUT2D eigenvalue weighted by Crippen LogP contribution is -2.45. The van der Waals surface area contributed by atoms with Crippen molar-refractivity contribution in [2.75, 3.05) is 12.4 Å². The molecule has 0 unspecified atom stereocenters. The number of benzene rings is 3. The van der Waals surface area contributed by atoms with Crippen molar-refractivity contribution < 1.29 is 32.6 Å². The summed E-state index contributed by atoms with van der Waals surface area (Å²) in [6.07, 6.45) is 0.602. The summed E-state index contributed by atoms with van der Waals surface area (Å²) in [5.41, 5.74) is -2.15. The van der Waals surface area contributed by atoms with Gasteiger partial charge in [-0.1, -0.05) is 62.2 Å².